The van der Waals surface area contributed by atoms with E-state index in [4.69, 9.17) is 5.73 Å². The lowest BCUT2D eigenvalue weighted by molar-refractivity contribution is -0.118. The Balaban J connectivity index is 2.86. The average molecular weight is 263 g/mol. The maximum absolute atomic E-state index is 11.9. The van der Waals surface area contributed by atoms with Gasteiger partial charge in [0.2, 0.25) is 5.91 Å². The monoisotopic (exact) mass is 263 g/mol. The molecule has 1 atom stereocenters. The first-order chi connectivity index (χ1) is 8.86. The van der Waals surface area contributed by atoms with E-state index in [0.717, 1.165) is 5.56 Å². The summed E-state index contributed by atoms with van der Waals surface area (Å²) in [5.74, 6) is -0.295. The number of carbonyl (C=O) groups is 2. The van der Waals surface area contributed by atoms with Gasteiger partial charge in [-0.2, -0.15) is 0 Å². The summed E-state index contributed by atoms with van der Waals surface area (Å²) in [7, 11) is 1.58. The lowest BCUT2D eigenvalue weighted by Crippen LogP contribution is -2.39. The number of carbonyl (C=O) groups excluding carboxylic acids is 2. The topological polar surface area (TPSA) is 84.2 Å². The zero-order valence-electron chi connectivity index (χ0n) is 11.8. The van der Waals surface area contributed by atoms with Crippen LogP contribution >= 0.6 is 0 Å². The van der Waals surface area contributed by atoms with Crippen LogP contribution in [0.5, 0.6) is 0 Å². The van der Waals surface area contributed by atoms with Crippen LogP contribution in [0, 0.1) is 12.8 Å². The molecule has 0 saturated heterocycles. The van der Waals surface area contributed by atoms with Gasteiger partial charge in [-0.3, -0.25) is 9.59 Å². The molecule has 0 aliphatic heterocycles. The van der Waals surface area contributed by atoms with Crippen LogP contribution in [0.2, 0.25) is 0 Å². The van der Waals surface area contributed by atoms with Crippen molar-refractivity contribution in [2.45, 2.75) is 26.8 Å². The minimum atomic E-state index is -0.544. The molecule has 0 aromatic heterocycles. The first kappa shape index (κ1) is 15.2. The summed E-state index contributed by atoms with van der Waals surface area (Å²) in [4.78, 5) is 23.3. The van der Waals surface area contributed by atoms with E-state index in [1.807, 2.05) is 20.8 Å². The number of rotatable bonds is 4. The highest BCUT2D eigenvalue weighted by Gasteiger charge is 2.18. The SMILES string of the molecule is CNC(=O)c1ccc(NC(=O)[C@@H](N)C(C)C)c(C)c1. The van der Waals surface area contributed by atoms with Gasteiger partial charge in [0.25, 0.3) is 5.91 Å². The van der Waals surface area contributed by atoms with Gasteiger partial charge in [-0.15, -0.1) is 0 Å². The van der Waals surface area contributed by atoms with Crippen molar-refractivity contribution in [1.29, 1.82) is 0 Å². The van der Waals surface area contributed by atoms with E-state index in [2.05, 4.69) is 10.6 Å². The molecule has 0 radical (unpaired) electrons. The summed E-state index contributed by atoms with van der Waals surface area (Å²) in [6.07, 6.45) is 0. The highest BCUT2D eigenvalue weighted by molar-refractivity contribution is 5.97. The van der Waals surface area contributed by atoms with E-state index in [1.54, 1.807) is 25.2 Å². The van der Waals surface area contributed by atoms with Crippen LogP contribution in [0.1, 0.15) is 29.8 Å². The maximum atomic E-state index is 11.9. The number of hydrogen-bond acceptors (Lipinski definition) is 3. The molecule has 0 aliphatic carbocycles. The first-order valence-corrected chi connectivity index (χ1v) is 6.26. The molecule has 0 saturated carbocycles. The number of nitrogens with one attached hydrogen (secondary N) is 2. The molecule has 1 aromatic carbocycles. The molecule has 104 valence electrons. The molecule has 0 aliphatic rings. The molecule has 5 nitrogen and oxygen atoms in total. The van der Waals surface area contributed by atoms with Crippen LogP contribution in [0.3, 0.4) is 0 Å². The highest BCUT2D eigenvalue weighted by Crippen LogP contribution is 2.17. The minimum absolute atomic E-state index is 0.0745. The van der Waals surface area contributed by atoms with Crippen molar-refractivity contribution in [2.75, 3.05) is 12.4 Å². The Morgan fingerprint density at radius 2 is 1.89 bits per heavy atom. The lowest BCUT2D eigenvalue weighted by atomic mass is 10.0. The largest absolute Gasteiger partial charge is 0.355 e. The van der Waals surface area contributed by atoms with Gasteiger partial charge in [-0.05, 0) is 36.6 Å². The lowest BCUT2D eigenvalue weighted by Gasteiger charge is -2.16. The summed E-state index contributed by atoms with van der Waals surface area (Å²) in [6, 6.07) is 4.57. The fourth-order valence-corrected chi connectivity index (χ4v) is 1.61. The number of anilines is 1. The number of benzene rings is 1. The number of nitrogens with two attached hydrogens (primary N) is 1. The summed E-state index contributed by atoms with van der Waals surface area (Å²) in [5.41, 5.74) is 7.84. The molecular formula is C14H21N3O2. The van der Waals surface area contributed by atoms with Gasteiger partial charge < -0.3 is 16.4 Å². The molecule has 0 heterocycles. The molecule has 5 heteroatoms. The van der Waals surface area contributed by atoms with Gasteiger partial charge in [0, 0.05) is 18.3 Å². The van der Waals surface area contributed by atoms with Crippen molar-refractivity contribution in [2.24, 2.45) is 11.7 Å². The second kappa shape index (κ2) is 6.33. The van der Waals surface area contributed by atoms with Crippen molar-refractivity contribution >= 4 is 17.5 Å². The molecule has 0 bridgehead atoms. The predicted octanol–water partition coefficient (Wildman–Crippen LogP) is 1.28. The van der Waals surface area contributed by atoms with E-state index in [9.17, 15) is 9.59 Å². The Morgan fingerprint density at radius 3 is 2.37 bits per heavy atom. The standard InChI is InChI=1S/C14H21N3O2/c1-8(2)12(15)14(19)17-11-6-5-10(7-9(11)3)13(18)16-4/h5-8,12H,15H2,1-4H3,(H,16,18)(H,17,19)/t12-/m0/s1. The Kier molecular flexibility index (Phi) is 5.06. The van der Waals surface area contributed by atoms with Gasteiger partial charge in [0.15, 0.2) is 0 Å². The average Bonchev–Trinajstić information content (AvgIpc) is 2.38. The van der Waals surface area contributed by atoms with Crippen LogP contribution in [-0.2, 0) is 4.79 Å². The van der Waals surface area contributed by atoms with Gasteiger partial charge >= 0.3 is 0 Å². The minimum Gasteiger partial charge on any atom is -0.355 e. The molecule has 2 amide bonds. The fraction of sp³-hybridized carbons (Fsp3) is 0.429. The Labute approximate surface area is 113 Å². The quantitative estimate of drug-likeness (QED) is 0.765. The first-order valence-electron chi connectivity index (χ1n) is 6.26. The van der Waals surface area contributed by atoms with Crippen LogP contribution in [0.25, 0.3) is 0 Å². The molecule has 19 heavy (non-hydrogen) atoms. The van der Waals surface area contributed by atoms with Crippen LogP contribution < -0.4 is 16.4 Å². The van der Waals surface area contributed by atoms with E-state index in [-0.39, 0.29) is 17.7 Å². The smallest absolute Gasteiger partial charge is 0.251 e. The van der Waals surface area contributed by atoms with Crippen molar-refractivity contribution in [1.82, 2.24) is 5.32 Å². The summed E-state index contributed by atoms with van der Waals surface area (Å²) < 4.78 is 0. The van der Waals surface area contributed by atoms with E-state index >= 15 is 0 Å². The van der Waals surface area contributed by atoms with Gasteiger partial charge in [-0.25, -0.2) is 0 Å². The molecular weight excluding hydrogens is 242 g/mol. The molecule has 1 aromatic rings. The van der Waals surface area contributed by atoms with Gasteiger partial charge in [-0.1, -0.05) is 13.8 Å². The van der Waals surface area contributed by atoms with Crippen molar-refractivity contribution in [3.05, 3.63) is 29.3 Å². The maximum Gasteiger partial charge on any atom is 0.251 e. The van der Waals surface area contributed by atoms with Crippen molar-refractivity contribution in [3.8, 4) is 0 Å². The Morgan fingerprint density at radius 1 is 1.26 bits per heavy atom. The zero-order chi connectivity index (χ0) is 14.6. The molecule has 4 N–H and O–H groups in total. The second-order valence-corrected chi connectivity index (χ2v) is 4.87. The van der Waals surface area contributed by atoms with Crippen LogP contribution in [0.15, 0.2) is 18.2 Å². The number of amides is 2. The van der Waals surface area contributed by atoms with E-state index in [1.165, 1.54) is 0 Å². The van der Waals surface area contributed by atoms with Gasteiger partial charge in [0.1, 0.15) is 0 Å². The van der Waals surface area contributed by atoms with Crippen LogP contribution in [0.4, 0.5) is 5.69 Å². The number of aryl methyl sites for hydroxylation is 1. The predicted molar refractivity (Wildman–Crippen MR) is 76.0 cm³/mol. The Hall–Kier alpha value is -1.88. The summed E-state index contributed by atoms with van der Waals surface area (Å²) in [5, 5.41) is 5.34. The number of hydrogen-bond donors (Lipinski definition) is 3. The van der Waals surface area contributed by atoms with Crippen LogP contribution in [-0.4, -0.2) is 24.9 Å². The third-order valence-corrected chi connectivity index (χ3v) is 2.99. The van der Waals surface area contributed by atoms with E-state index in [0.29, 0.717) is 11.3 Å². The van der Waals surface area contributed by atoms with Crippen molar-refractivity contribution < 1.29 is 9.59 Å². The second-order valence-electron chi connectivity index (χ2n) is 4.87. The summed E-state index contributed by atoms with van der Waals surface area (Å²) >= 11 is 0. The summed E-state index contributed by atoms with van der Waals surface area (Å²) in [6.45, 7) is 5.63. The third-order valence-electron chi connectivity index (χ3n) is 2.99. The highest BCUT2D eigenvalue weighted by atomic mass is 16.2. The van der Waals surface area contributed by atoms with Gasteiger partial charge in [0.05, 0.1) is 6.04 Å². The fourth-order valence-electron chi connectivity index (χ4n) is 1.61. The molecule has 0 fully saturated rings. The van der Waals surface area contributed by atoms with E-state index < -0.39 is 6.04 Å². The third kappa shape index (κ3) is 3.79. The molecule has 1 rings (SSSR count). The molecule has 0 spiro atoms. The van der Waals surface area contributed by atoms with Crippen molar-refractivity contribution in [3.63, 3.8) is 0 Å². The molecule has 0 unspecified atom stereocenters. The normalized spacial score (nSPS) is 12.1. The Bertz CT molecular complexity index is 484. The zero-order valence-corrected chi connectivity index (χ0v) is 11.8.